The molecular formula is C32H54O5S. The highest BCUT2D eigenvalue weighted by Gasteiger charge is 2.26. The highest BCUT2D eigenvalue weighted by atomic mass is 32.2. The first kappa shape index (κ1) is 34.6. The molecule has 0 heterocycles. The first-order valence-corrected chi connectivity index (χ1v) is 16.1. The summed E-state index contributed by atoms with van der Waals surface area (Å²) in [5, 5.41) is 21.5. The maximum atomic E-state index is 12.0. The Morgan fingerprint density at radius 1 is 0.842 bits per heavy atom. The highest BCUT2D eigenvalue weighted by Crippen LogP contribution is 2.30. The van der Waals surface area contributed by atoms with E-state index in [1.165, 1.54) is 44.6 Å². The molecule has 0 radical (unpaired) electrons. The van der Waals surface area contributed by atoms with Crippen LogP contribution in [0.4, 0.5) is 0 Å². The standard InChI is InChI=1S/C32H54O5S/c1-7-8-9-10-11-12-13-14-17-28(23-29-18-15-16-19-30(29)38(35,36)37)22-27(4)25-32(6,34)21-20-31(5,33)24-26(2)3/h15-16,18-19,26-28,33-34H,7-14,17,22-25H2,1-6H3,(H,35,36,37). The van der Waals surface area contributed by atoms with Crippen molar-refractivity contribution < 1.29 is 23.2 Å². The molecule has 5 nitrogen and oxygen atoms in total. The van der Waals surface area contributed by atoms with Gasteiger partial charge in [0.2, 0.25) is 0 Å². The third-order valence-electron chi connectivity index (χ3n) is 7.11. The topological polar surface area (TPSA) is 94.8 Å². The van der Waals surface area contributed by atoms with Crippen LogP contribution < -0.4 is 0 Å². The molecule has 4 unspecified atom stereocenters. The van der Waals surface area contributed by atoms with Gasteiger partial charge >= 0.3 is 0 Å². The highest BCUT2D eigenvalue weighted by molar-refractivity contribution is 7.85. The van der Waals surface area contributed by atoms with Gasteiger partial charge in [0.25, 0.3) is 10.1 Å². The largest absolute Gasteiger partial charge is 0.378 e. The van der Waals surface area contributed by atoms with E-state index in [1.807, 2.05) is 19.9 Å². The fourth-order valence-electron chi connectivity index (χ4n) is 5.60. The lowest BCUT2D eigenvalue weighted by Gasteiger charge is -2.27. The fourth-order valence-corrected chi connectivity index (χ4v) is 6.34. The van der Waals surface area contributed by atoms with Crippen LogP contribution >= 0.6 is 0 Å². The van der Waals surface area contributed by atoms with Crippen molar-refractivity contribution in [3.8, 4) is 11.8 Å². The summed E-state index contributed by atoms with van der Waals surface area (Å²) in [5.74, 6) is 6.46. The lowest BCUT2D eigenvalue weighted by Crippen LogP contribution is -2.29. The van der Waals surface area contributed by atoms with Gasteiger partial charge in [-0.15, -0.1) is 0 Å². The van der Waals surface area contributed by atoms with Crippen LogP contribution in [0.3, 0.4) is 0 Å². The van der Waals surface area contributed by atoms with Gasteiger partial charge in [-0.2, -0.15) is 8.42 Å². The van der Waals surface area contributed by atoms with Crippen molar-refractivity contribution in [3.63, 3.8) is 0 Å². The molecule has 0 aliphatic rings. The van der Waals surface area contributed by atoms with Gasteiger partial charge in [0, 0.05) is 0 Å². The van der Waals surface area contributed by atoms with Gasteiger partial charge in [-0.3, -0.25) is 4.55 Å². The van der Waals surface area contributed by atoms with Crippen LogP contribution in [0.15, 0.2) is 29.2 Å². The number of aliphatic hydroxyl groups is 2. The minimum atomic E-state index is -4.29. The normalized spacial score (nSPS) is 16.8. The third kappa shape index (κ3) is 15.3. The van der Waals surface area contributed by atoms with E-state index >= 15 is 0 Å². The number of rotatable bonds is 18. The van der Waals surface area contributed by atoms with Gasteiger partial charge in [-0.05, 0) is 68.9 Å². The molecule has 0 saturated carbocycles. The van der Waals surface area contributed by atoms with E-state index in [4.69, 9.17) is 0 Å². The van der Waals surface area contributed by atoms with E-state index < -0.39 is 21.3 Å². The molecule has 0 aromatic heterocycles. The molecule has 0 fully saturated rings. The third-order valence-corrected chi connectivity index (χ3v) is 8.07. The Hall–Kier alpha value is -1.39. The Labute approximate surface area is 233 Å². The number of hydrogen-bond acceptors (Lipinski definition) is 4. The Bertz CT molecular complexity index is 969. The van der Waals surface area contributed by atoms with Crippen LogP contribution in [-0.2, 0) is 16.5 Å². The Morgan fingerprint density at radius 3 is 1.92 bits per heavy atom. The zero-order valence-electron chi connectivity index (χ0n) is 24.8. The van der Waals surface area contributed by atoms with Gasteiger partial charge in [-0.25, -0.2) is 0 Å². The molecule has 1 aromatic carbocycles. The maximum Gasteiger partial charge on any atom is 0.294 e. The zero-order chi connectivity index (χ0) is 28.8. The average Bonchev–Trinajstić information content (AvgIpc) is 2.78. The van der Waals surface area contributed by atoms with E-state index in [2.05, 4.69) is 25.7 Å². The second-order valence-corrected chi connectivity index (χ2v) is 13.7. The molecule has 0 spiro atoms. The molecule has 4 atom stereocenters. The quantitative estimate of drug-likeness (QED) is 0.0994. The summed E-state index contributed by atoms with van der Waals surface area (Å²) in [6.07, 6.45) is 13.2. The number of benzene rings is 1. The molecule has 1 aromatic rings. The van der Waals surface area contributed by atoms with E-state index in [1.54, 1.807) is 26.0 Å². The first-order chi connectivity index (χ1) is 17.6. The molecule has 0 amide bonds. The number of unbranched alkanes of at least 4 members (excludes halogenated alkanes) is 7. The molecule has 38 heavy (non-hydrogen) atoms. The van der Waals surface area contributed by atoms with Gasteiger partial charge in [-0.1, -0.05) is 116 Å². The van der Waals surface area contributed by atoms with Crippen molar-refractivity contribution in [3.05, 3.63) is 29.8 Å². The minimum absolute atomic E-state index is 0.0150. The second kappa shape index (κ2) is 16.7. The number of hydrogen-bond donors (Lipinski definition) is 3. The van der Waals surface area contributed by atoms with Crippen molar-refractivity contribution in [1.29, 1.82) is 0 Å². The molecule has 0 aliphatic carbocycles. The van der Waals surface area contributed by atoms with Crippen molar-refractivity contribution in [1.82, 2.24) is 0 Å². The van der Waals surface area contributed by atoms with Crippen LogP contribution in [-0.4, -0.2) is 34.4 Å². The lowest BCUT2D eigenvalue weighted by atomic mass is 9.82. The molecule has 3 N–H and O–H groups in total. The smallest absolute Gasteiger partial charge is 0.294 e. The Balaban J connectivity index is 2.88. The molecule has 218 valence electrons. The SMILES string of the molecule is CCCCCCCCCCC(Cc1ccccc1S(=O)(=O)O)CC(C)CC(C)(O)C#CC(C)(O)CC(C)C. The predicted molar refractivity (Wildman–Crippen MR) is 158 cm³/mol. The molecule has 1 rings (SSSR count). The first-order valence-electron chi connectivity index (χ1n) is 14.7. The average molecular weight is 551 g/mol. The van der Waals surface area contributed by atoms with Crippen LogP contribution in [0, 0.1) is 29.6 Å². The van der Waals surface area contributed by atoms with E-state index in [9.17, 15) is 23.2 Å². The summed E-state index contributed by atoms with van der Waals surface area (Å²) < 4.78 is 33.7. The summed E-state index contributed by atoms with van der Waals surface area (Å²) in [6, 6.07) is 6.69. The summed E-state index contributed by atoms with van der Waals surface area (Å²) in [4.78, 5) is -0.0150. The summed E-state index contributed by atoms with van der Waals surface area (Å²) in [7, 11) is -4.29. The second-order valence-electron chi connectivity index (χ2n) is 12.4. The van der Waals surface area contributed by atoms with Crippen molar-refractivity contribution in [2.45, 2.75) is 141 Å². The molecule has 0 aliphatic heterocycles. The van der Waals surface area contributed by atoms with Crippen LogP contribution in [0.2, 0.25) is 0 Å². The zero-order valence-corrected chi connectivity index (χ0v) is 25.6. The lowest BCUT2D eigenvalue weighted by molar-refractivity contribution is 0.0810. The van der Waals surface area contributed by atoms with Gasteiger partial charge in [0.15, 0.2) is 0 Å². The van der Waals surface area contributed by atoms with Crippen LogP contribution in [0.1, 0.15) is 124 Å². The minimum Gasteiger partial charge on any atom is -0.378 e. The summed E-state index contributed by atoms with van der Waals surface area (Å²) in [6.45, 7) is 11.8. The van der Waals surface area contributed by atoms with Crippen molar-refractivity contribution in [2.75, 3.05) is 0 Å². The van der Waals surface area contributed by atoms with E-state index in [-0.39, 0.29) is 16.7 Å². The predicted octanol–water partition coefficient (Wildman–Crippen LogP) is 7.59. The monoisotopic (exact) mass is 550 g/mol. The van der Waals surface area contributed by atoms with Gasteiger partial charge < -0.3 is 10.2 Å². The van der Waals surface area contributed by atoms with Gasteiger partial charge in [0.1, 0.15) is 11.2 Å². The molecular weight excluding hydrogens is 496 g/mol. The van der Waals surface area contributed by atoms with Crippen molar-refractivity contribution >= 4 is 10.1 Å². The van der Waals surface area contributed by atoms with Gasteiger partial charge in [0.05, 0.1) is 4.90 Å². The van der Waals surface area contributed by atoms with Crippen LogP contribution in [0.5, 0.6) is 0 Å². The molecule has 0 bridgehead atoms. The van der Waals surface area contributed by atoms with E-state index in [0.29, 0.717) is 30.7 Å². The Kier molecular flexibility index (Phi) is 15.2. The summed E-state index contributed by atoms with van der Waals surface area (Å²) in [5.41, 5.74) is -1.72. The maximum absolute atomic E-state index is 12.0. The van der Waals surface area contributed by atoms with Crippen LogP contribution in [0.25, 0.3) is 0 Å². The fraction of sp³-hybridized carbons (Fsp3) is 0.750. The molecule has 0 saturated heterocycles. The molecule has 6 heteroatoms. The van der Waals surface area contributed by atoms with E-state index in [0.717, 1.165) is 25.7 Å². The Morgan fingerprint density at radius 2 is 1.37 bits per heavy atom. The van der Waals surface area contributed by atoms with Crippen molar-refractivity contribution in [2.24, 2.45) is 17.8 Å². The summed E-state index contributed by atoms with van der Waals surface area (Å²) >= 11 is 0.